The predicted octanol–water partition coefficient (Wildman–Crippen LogP) is 1.72. The lowest BCUT2D eigenvalue weighted by molar-refractivity contribution is -0.384. The molecule has 0 saturated carbocycles. The van der Waals surface area contributed by atoms with E-state index in [1.165, 1.54) is 4.68 Å². The first-order chi connectivity index (χ1) is 10.0. The van der Waals surface area contributed by atoms with Crippen LogP contribution in [0, 0.1) is 17.0 Å². The average Bonchev–Trinajstić information content (AvgIpc) is 2.72. The Balaban J connectivity index is 2.20. The van der Waals surface area contributed by atoms with Crippen molar-refractivity contribution in [1.29, 1.82) is 0 Å². The second-order valence-electron chi connectivity index (χ2n) is 4.45. The Kier molecular flexibility index (Phi) is 4.39. The van der Waals surface area contributed by atoms with Crippen LogP contribution in [0.1, 0.15) is 5.69 Å². The molecule has 0 atom stereocenters. The van der Waals surface area contributed by atoms with Gasteiger partial charge in [-0.05, 0) is 31.2 Å². The lowest BCUT2D eigenvalue weighted by Crippen LogP contribution is -2.10. The predicted molar refractivity (Wildman–Crippen MR) is 78.9 cm³/mol. The molecule has 21 heavy (non-hydrogen) atoms. The highest BCUT2D eigenvalue weighted by atomic mass is 16.6. The average molecular weight is 291 g/mol. The lowest BCUT2D eigenvalue weighted by atomic mass is 10.3. The fraction of sp³-hybridized carbons (Fsp3) is 0.308. The summed E-state index contributed by atoms with van der Waals surface area (Å²) in [5, 5.41) is 18.2. The highest BCUT2D eigenvalue weighted by Gasteiger charge is 2.23. The fourth-order valence-corrected chi connectivity index (χ4v) is 1.95. The number of nitro groups is 1. The molecule has 1 heterocycles. The van der Waals surface area contributed by atoms with Gasteiger partial charge in [0.25, 0.3) is 0 Å². The van der Waals surface area contributed by atoms with Crippen LogP contribution in [0.3, 0.4) is 0 Å². The van der Waals surface area contributed by atoms with E-state index in [1.54, 1.807) is 38.2 Å². The van der Waals surface area contributed by atoms with Gasteiger partial charge in [-0.25, -0.2) is 4.68 Å². The van der Waals surface area contributed by atoms with Crippen molar-refractivity contribution in [3.05, 3.63) is 40.1 Å². The van der Waals surface area contributed by atoms with Crippen LogP contribution in [0.2, 0.25) is 0 Å². The molecule has 0 amide bonds. The zero-order chi connectivity index (χ0) is 15.4. The summed E-state index contributed by atoms with van der Waals surface area (Å²) >= 11 is 0. The largest absolute Gasteiger partial charge is 0.492 e. The summed E-state index contributed by atoms with van der Waals surface area (Å²) in [6.45, 7) is 2.49. The van der Waals surface area contributed by atoms with Gasteiger partial charge in [0.05, 0.1) is 4.92 Å². The summed E-state index contributed by atoms with van der Waals surface area (Å²) in [6, 6.07) is 7.09. The minimum atomic E-state index is -0.441. The zero-order valence-corrected chi connectivity index (χ0v) is 11.9. The van der Waals surface area contributed by atoms with Crippen molar-refractivity contribution in [2.75, 3.05) is 18.5 Å². The molecule has 0 saturated heterocycles. The maximum absolute atomic E-state index is 11.1. The first-order valence-electron chi connectivity index (χ1n) is 6.41. The highest BCUT2D eigenvalue weighted by molar-refractivity contribution is 5.67. The van der Waals surface area contributed by atoms with Crippen LogP contribution in [0.4, 0.5) is 17.2 Å². The number of rotatable bonds is 6. The van der Waals surface area contributed by atoms with Crippen LogP contribution < -0.4 is 15.8 Å². The molecule has 8 nitrogen and oxygen atoms in total. The molecule has 8 heteroatoms. The van der Waals surface area contributed by atoms with Crippen LogP contribution in [0.15, 0.2) is 24.3 Å². The Morgan fingerprint density at radius 2 is 2.10 bits per heavy atom. The third-order valence-corrected chi connectivity index (χ3v) is 2.88. The number of hydrogen-bond donors (Lipinski definition) is 2. The molecule has 1 aromatic heterocycles. The molecule has 0 bridgehead atoms. The molecule has 1 aromatic carbocycles. The maximum Gasteiger partial charge on any atom is 0.334 e. The van der Waals surface area contributed by atoms with Gasteiger partial charge in [-0.2, -0.15) is 5.10 Å². The molecule has 0 aliphatic carbocycles. The van der Waals surface area contributed by atoms with Crippen molar-refractivity contribution in [2.24, 2.45) is 12.8 Å². The van der Waals surface area contributed by atoms with E-state index in [9.17, 15) is 10.1 Å². The molecule has 3 N–H and O–H groups in total. The SMILES string of the molecule is Cc1nn(C)c(Nc2ccc(OCCN)cc2)c1[N+](=O)[O-]. The Labute approximate surface area is 121 Å². The summed E-state index contributed by atoms with van der Waals surface area (Å²) in [7, 11) is 1.65. The third kappa shape index (κ3) is 3.29. The standard InChI is InChI=1S/C13H17N5O3/c1-9-12(18(19)20)13(17(2)16-9)15-10-3-5-11(6-4-10)21-8-7-14/h3-6,15H,7-8,14H2,1-2H3. The van der Waals surface area contributed by atoms with Crippen molar-refractivity contribution in [3.8, 4) is 5.75 Å². The number of aryl methyl sites for hydroxylation is 2. The van der Waals surface area contributed by atoms with E-state index in [4.69, 9.17) is 10.5 Å². The minimum absolute atomic E-state index is 0.0269. The van der Waals surface area contributed by atoms with E-state index < -0.39 is 4.92 Å². The van der Waals surface area contributed by atoms with E-state index >= 15 is 0 Å². The Morgan fingerprint density at radius 1 is 1.43 bits per heavy atom. The Hall–Kier alpha value is -2.61. The Morgan fingerprint density at radius 3 is 2.67 bits per heavy atom. The summed E-state index contributed by atoms with van der Waals surface area (Å²) in [6.07, 6.45) is 0. The number of aromatic nitrogens is 2. The van der Waals surface area contributed by atoms with Crippen molar-refractivity contribution in [2.45, 2.75) is 6.92 Å². The van der Waals surface area contributed by atoms with Crippen LogP contribution in [0.25, 0.3) is 0 Å². The van der Waals surface area contributed by atoms with Gasteiger partial charge in [-0.3, -0.25) is 10.1 Å². The normalized spacial score (nSPS) is 10.4. The van der Waals surface area contributed by atoms with E-state index in [-0.39, 0.29) is 5.69 Å². The van der Waals surface area contributed by atoms with E-state index in [0.717, 1.165) is 0 Å². The van der Waals surface area contributed by atoms with Gasteiger partial charge >= 0.3 is 5.69 Å². The van der Waals surface area contributed by atoms with Gasteiger partial charge < -0.3 is 15.8 Å². The molecule has 2 rings (SSSR count). The molecule has 0 fully saturated rings. The number of nitrogens with zero attached hydrogens (tertiary/aromatic N) is 3. The molecular weight excluding hydrogens is 274 g/mol. The summed E-state index contributed by atoms with van der Waals surface area (Å²) < 4.78 is 6.82. The Bertz CT molecular complexity index is 636. The number of anilines is 2. The first-order valence-corrected chi connectivity index (χ1v) is 6.41. The molecule has 0 aliphatic heterocycles. The molecule has 0 spiro atoms. The second kappa shape index (κ2) is 6.23. The molecule has 2 aromatic rings. The maximum atomic E-state index is 11.1. The van der Waals surface area contributed by atoms with Gasteiger partial charge in [-0.1, -0.05) is 0 Å². The summed E-state index contributed by atoms with van der Waals surface area (Å²) in [4.78, 5) is 10.7. The van der Waals surface area contributed by atoms with Crippen LogP contribution in [-0.2, 0) is 7.05 Å². The smallest absolute Gasteiger partial charge is 0.334 e. The van der Waals surface area contributed by atoms with E-state index in [2.05, 4.69) is 10.4 Å². The van der Waals surface area contributed by atoms with Gasteiger partial charge in [0.1, 0.15) is 18.1 Å². The number of benzene rings is 1. The molecule has 0 unspecified atom stereocenters. The van der Waals surface area contributed by atoms with Crippen LogP contribution in [-0.4, -0.2) is 27.9 Å². The first kappa shape index (κ1) is 14.8. The van der Waals surface area contributed by atoms with Crippen molar-refractivity contribution in [3.63, 3.8) is 0 Å². The number of hydrogen-bond acceptors (Lipinski definition) is 6. The van der Waals surface area contributed by atoms with Crippen LogP contribution >= 0.6 is 0 Å². The summed E-state index contributed by atoms with van der Waals surface area (Å²) in [5.74, 6) is 1.04. The quantitative estimate of drug-likeness (QED) is 0.619. The topological polar surface area (TPSA) is 108 Å². The van der Waals surface area contributed by atoms with Gasteiger partial charge in [0, 0.05) is 19.3 Å². The summed E-state index contributed by atoms with van der Waals surface area (Å²) in [5.41, 5.74) is 6.41. The van der Waals surface area contributed by atoms with Crippen molar-refractivity contribution < 1.29 is 9.66 Å². The van der Waals surface area contributed by atoms with E-state index in [1.807, 2.05) is 0 Å². The number of ether oxygens (including phenoxy) is 1. The molecule has 0 aliphatic rings. The van der Waals surface area contributed by atoms with E-state index in [0.29, 0.717) is 36.1 Å². The zero-order valence-electron chi connectivity index (χ0n) is 11.9. The van der Waals surface area contributed by atoms with Crippen molar-refractivity contribution in [1.82, 2.24) is 9.78 Å². The van der Waals surface area contributed by atoms with Gasteiger partial charge in [0.2, 0.25) is 5.82 Å². The molecule has 112 valence electrons. The molecule has 0 radical (unpaired) electrons. The number of nitrogens with two attached hydrogens (primary N) is 1. The van der Waals surface area contributed by atoms with Crippen molar-refractivity contribution >= 4 is 17.2 Å². The fourth-order valence-electron chi connectivity index (χ4n) is 1.95. The second-order valence-corrected chi connectivity index (χ2v) is 4.45. The van der Waals surface area contributed by atoms with Gasteiger partial charge in [0.15, 0.2) is 0 Å². The lowest BCUT2D eigenvalue weighted by Gasteiger charge is -2.08. The third-order valence-electron chi connectivity index (χ3n) is 2.88. The monoisotopic (exact) mass is 291 g/mol. The van der Waals surface area contributed by atoms with Crippen LogP contribution in [0.5, 0.6) is 5.75 Å². The number of nitrogens with one attached hydrogen (secondary N) is 1. The highest BCUT2D eigenvalue weighted by Crippen LogP contribution is 2.30. The molecular formula is C13H17N5O3. The van der Waals surface area contributed by atoms with Gasteiger partial charge in [-0.15, -0.1) is 0 Å². The minimum Gasteiger partial charge on any atom is -0.492 e.